The smallest absolute Gasteiger partial charge is 0.105 e. The van der Waals surface area contributed by atoms with Gasteiger partial charge < -0.3 is 9.84 Å². The monoisotopic (exact) mass is 232 g/mol. The molecule has 2 rings (SSSR count). The molecule has 0 bridgehead atoms. The first-order valence-electron chi connectivity index (χ1n) is 5.67. The van der Waals surface area contributed by atoms with Crippen molar-refractivity contribution in [1.82, 2.24) is 9.78 Å². The van der Waals surface area contributed by atoms with E-state index in [4.69, 9.17) is 4.74 Å². The number of hydrogen-bond acceptors (Lipinski definition) is 3. The summed E-state index contributed by atoms with van der Waals surface area (Å²) in [5, 5.41) is 14.1. The van der Waals surface area contributed by atoms with Crippen LogP contribution in [0.4, 0.5) is 0 Å². The summed E-state index contributed by atoms with van der Waals surface area (Å²) in [5.41, 5.74) is 1.74. The summed E-state index contributed by atoms with van der Waals surface area (Å²) in [4.78, 5) is 0. The van der Waals surface area contributed by atoms with Gasteiger partial charge in [0, 0.05) is 18.4 Å². The maximum absolute atomic E-state index is 9.83. The molecule has 0 saturated heterocycles. The second-order valence-electron chi connectivity index (χ2n) is 3.73. The van der Waals surface area contributed by atoms with Crippen molar-refractivity contribution in [3.8, 4) is 5.69 Å². The fourth-order valence-electron chi connectivity index (χ4n) is 1.56. The molecule has 0 amide bonds. The number of benzene rings is 1. The molecule has 0 aliphatic heterocycles. The third-order valence-electron chi connectivity index (χ3n) is 2.49. The molecule has 90 valence electrons. The maximum atomic E-state index is 9.83. The Morgan fingerprint density at radius 1 is 1.35 bits per heavy atom. The van der Waals surface area contributed by atoms with Crippen LogP contribution in [0.5, 0.6) is 0 Å². The van der Waals surface area contributed by atoms with Gasteiger partial charge in [-0.05, 0) is 19.1 Å². The zero-order valence-corrected chi connectivity index (χ0v) is 9.78. The normalized spacial score (nSPS) is 12.6. The number of nitrogens with zero attached hydrogens (tertiary/aromatic N) is 2. The Bertz CT molecular complexity index is 453. The van der Waals surface area contributed by atoms with Gasteiger partial charge in [-0.2, -0.15) is 5.10 Å². The van der Waals surface area contributed by atoms with Gasteiger partial charge in [0.1, 0.15) is 6.10 Å². The largest absolute Gasteiger partial charge is 0.386 e. The third-order valence-corrected chi connectivity index (χ3v) is 2.49. The van der Waals surface area contributed by atoms with Crippen LogP contribution in [-0.2, 0) is 4.74 Å². The molecule has 4 heteroatoms. The van der Waals surface area contributed by atoms with Gasteiger partial charge in [0.15, 0.2) is 0 Å². The van der Waals surface area contributed by atoms with Crippen molar-refractivity contribution in [2.75, 3.05) is 13.2 Å². The standard InChI is InChI=1S/C13H16N2O2/c1-2-17-10-13(16)11-8-14-15(9-11)12-6-4-3-5-7-12/h3-9,13,16H,2,10H2,1H3. The van der Waals surface area contributed by atoms with Crippen molar-refractivity contribution in [3.63, 3.8) is 0 Å². The van der Waals surface area contributed by atoms with E-state index < -0.39 is 6.10 Å². The van der Waals surface area contributed by atoms with E-state index in [2.05, 4.69) is 5.10 Å². The molecule has 1 aromatic heterocycles. The highest BCUT2D eigenvalue weighted by Gasteiger charge is 2.10. The van der Waals surface area contributed by atoms with Crippen molar-refractivity contribution in [2.45, 2.75) is 13.0 Å². The molecule has 1 heterocycles. The van der Waals surface area contributed by atoms with E-state index in [1.165, 1.54) is 0 Å². The minimum Gasteiger partial charge on any atom is -0.386 e. The highest BCUT2D eigenvalue weighted by molar-refractivity contribution is 5.31. The number of rotatable bonds is 5. The van der Waals surface area contributed by atoms with Gasteiger partial charge in [-0.25, -0.2) is 4.68 Å². The molecule has 4 nitrogen and oxygen atoms in total. The fraction of sp³-hybridized carbons (Fsp3) is 0.308. The Balaban J connectivity index is 2.11. The number of ether oxygens (including phenoxy) is 1. The van der Waals surface area contributed by atoms with Crippen molar-refractivity contribution in [3.05, 3.63) is 48.3 Å². The highest BCUT2D eigenvalue weighted by atomic mass is 16.5. The van der Waals surface area contributed by atoms with E-state index in [0.29, 0.717) is 13.2 Å². The number of hydrogen-bond donors (Lipinski definition) is 1. The molecule has 0 spiro atoms. The molecule has 0 aliphatic carbocycles. The minimum atomic E-state index is -0.618. The molecule has 0 saturated carbocycles. The Morgan fingerprint density at radius 3 is 2.82 bits per heavy atom. The zero-order valence-electron chi connectivity index (χ0n) is 9.78. The van der Waals surface area contributed by atoms with Gasteiger partial charge in [-0.3, -0.25) is 0 Å². The second kappa shape index (κ2) is 5.61. The first-order chi connectivity index (χ1) is 8.31. The van der Waals surface area contributed by atoms with E-state index in [9.17, 15) is 5.11 Å². The maximum Gasteiger partial charge on any atom is 0.105 e. The molecule has 1 N–H and O–H groups in total. The summed E-state index contributed by atoms with van der Waals surface area (Å²) < 4.78 is 6.92. The number of aliphatic hydroxyl groups excluding tert-OH is 1. The summed E-state index contributed by atoms with van der Waals surface area (Å²) in [5.74, 6) is 0. The van der Waals surface area contributed by atoms with Crippen LogP contribution in [0.25, 0.3) is 5.69 Å². The summed E-state index contributed by atoms with van der Waals surface area (Å²) >= 11 is 0. The second-order valence-corrected chi connectivity index (χ2v) is 3.73. The predicted octanol–water partition coefficient (Wildman–Crippen LogP) is 1.94. The van der Waals surface area contributed by atoms with E-state index in [1.54, 1.807) is 10.9 Å². The molecule has 1 atom stereocenters. The van der Waals surface area contributed by atoms with Crippen molar-refractivity contribution >= 4 is 0 Å². The van der Waals surface area contributed by atoms with Crippen LogP contribution in [0.15, 0.2) is 42.7 Å². The molecular weight excluding hydrogens is 216 g/mol. The lowest BCUT2D eigenvalue weighted by Gasteiger charge is -2.07. The van der Waals surface area contributed by atoms with Crippen LogP contribution in [0, 0.1) is 0 Å². The third kappa shape index (κ3) is 2.93. The Labute approximate surface area is 100 Å². The van der Waals surface area contributed by atoms with Crippen LogP contribution < -0.4 is 0 Å². The SMILES string of the molecule is CCOCC(O)c1cnn(-c2ccccc2)c1. The molecule has 0 fully saturated rings. The topological polar surface area (TPSA) is 47.3 Å². The van der Waals surface area contributed by atoms with E-state index in [-0.39, 0.29) is 0 Å². The lowest BCUT2D eigenvalue weighted by molar-refractivity contribution is 0.0420. The van der Waals surface area contributed by atoms with Gasteiger partial charge in [0.2, 0.25) is 0 Å². The van der Waals surface area contributed by atoms with Gasteiger partial charge in [-0.1, -0.05) is 18.2 Å². The van der Waals surface area contributed by atoms with Gasteiger partial charge >= 0.3 is 0 Å². The quantitative estimate of drug-likeness (QED) is 0.857. The molecular formula is C13H16N2O2. The van der Waals surface area contributed by atoms with Crippen LogP contribution in [0.1, 0.15) is 18.6 Å². The van der Waals surface area contributed by atoms with Gasteiger partial charge in [0.05, 0.1) is 18.5 Å². The lowest BCUT2D eigenvalue weighted by atomic mass is 10.2. The van der Waals surface area contributed by atoms with Crippen LogP contribution in [-0.4, -0.2) is 28.1 Å². The Morgan fingerprint density at radius 2 is 2.12 bits per heavy atom. The predicted molar refractivity (Wildman–Crippen MR) is 65.0 cm³/mol. The average molecular weight is 232 g/mol. The number of aromatic nitrogens is 2. The molecule has 17 heavy (non-hydrogen) atoms. The van der Waals surface area contributed by atoms with Gasteiger partial charge in [-0.15, -0.1) is 0 Å². The van der Waals surface area contributed by atoms with E-state index in [1.807, 2.05) is 43.5 Å². The minimum absolute atomic E-state index is 0.303. The first-order valence-corrected chi connectivity index (χ1v) is 5.67. The molecule has 1 unspecified atom stereocenters. The first kappa shape index (κ1) is 11.8. The van der Waals surface area contributed by atoms with Gasteiger partial charge in [0.25, 0.3) is 0 Å². The molecule has 1 aromatic carbocycles. The number of aliphatic hydroxyl groups is 1. The van der Waals surface area contributed by atoms with Crippen molar-refractivity contribution in [1.29, 1.82) is 0 Å². The Hall–Kier alpha value is -1.65. The van der Waals surface area contributed by atoms with E-state index in [0.717, 1.165) is 11.3 Å². The van der Waals surface area contributed by atoms with Crippen LogP contribution >= 0.6 is 0 Å². The molecule has 0 radical (unpaired) electrons. The van der Waals surface area contributed by atoms with E-state index >= 15 is 0 Å². The fourth-order valence-corrected chi connectivity index (χ4v) is 1.56. The summed E-state index contributed by atoms with van der Waals surface area (Å²) in [6, 6.07) is 9.79. The Kier molecular flexibility index (Phi) is 3.90. The van der Waals surface area contributed by atoms with Crippen LogP contribution in [0.2, 0.25) is 0 Å². The zero-order chi connectivity index (χ0) is 12.1. The summed E-state index contributed by atoms with van der Waals surface area (Å²) in [6.45, 7) is 2.81. The number of para-hydroxylation sites is 1. The summed E-state index contributed by atoms with van der Waals surface area (Å²) in [7, 11) is 0. The van der Waals surface area contributed by atoms with Crippen LogP contribution in [0.3, 0.4) is 0 Å². The van der Waals surface area contributed by atoms with Crippen molar-refractivity contribution in [2.24, 2.45) is 0 Å². The highest BCUT2D eigenvalue weighted by Crippen LogP contribution is 2.14. The van der Waals surface area contributed by atoms with Crippen molar-refractivity contribution < 1.29 is 9.84 Å². The lowest BCUT2D eigenvalue weighted by Crippen LogP contribution is -2.06. The average Bonchev–Trinajstić information content (AvgIpc) is 2.86. The molecule has 0 aliphatic rings. The summed E-state index contributed by atoms with van der Waals surface area (Å²) in [6.07, 6.45) is 2.86. The molecule has 2 aromatic rings.